The average molecular weight is 671 g/mol. The molecule has 0 aromatic rings. The zero-order chi connectivity index (χ0) is 34.1. The fourth-order valence-corrected chi connectivity index (χ4v) is 4.74. The normalized spacial score (nSPS) is 15.0. The Morgan fingerprint density at radius 1 is 0.609 bits per heavy atom. The second kappa shape index (κ2) is 31.3. The van der Waals surface area contributed by atoms with E-state index in [4.69, 9.17) is 18.5 Å². The van der Waals surface area contributed by atoms with Crippen LogP contribution in [0.5, 0.6) is 0 Å². The summed E-state index contributed by atoms with van der Waals surface area (Å²) in [5, 5.41) is 19.0. The molecule has 0 saturated heterocycles. The predicted molar refractivity (Wildman–Crippen MR) is 182 cm³/mol. The van der Waals surface area contributed by atoms with Crippen LogP contribution in [-0.4, -0.2) is 65.7 Å². The lowest BCUT2D eigenvalue weighted by Crippen LogP contribution is -2.28. The molecule has 0 aromatic heterocycles. The van der Waals surface area contributed by atoms with Crippen molar-refractivity contribution in [3.05, 3.63) is 60.8 Å². The molecule has 0 amide bonds. The van der Waals surface area contributed by atoms with Gasteiger partial charge in [0.05, 0.1) is 32.8 Å². The summed E-state index contributed by atoms with van der Waals surface area (Å²) in [6.07, 6.45) is 31.1. The highest BCUT2D eigenvalue weighted by molar-refractivity contribution is 7.47. The number of hydrogen-bond donors (Lipinski definition) is 3. The van der Waals surface area contributed by atoms with E-state index in [-0.39, 0.29) is 12.8 Å². The molecule has 0 aliphatic heterocycles. The van der Waals surface area contributed by atoms with Crippen LogP contribution in [0.15, 0.2) is 60.8 Å². The largest absolute Gasteiger partial charge is 0.472 e. The summed E-state index contributed by atoms with van der Waals surface area (Å²) in [6, 6.07) is 0. The van der Waals surface area contributed by atoms with Gasteiger partial charge >= 0.3 is 19.8 Å². The number of allylic oxidation sites excluding steroid dienone is 9. The topological polar surface area (TPSA) is 149 Å². The van der Waals surface area contributed by atoms with E-state index in [2.05, 4.69) is 50.3 Å². The predicted octanol–water partition coefficient (Wildman–Crippen LogP) is 7.60. The van der Waals surface area contributed by atoms with Crippen molar-refractivity contribution in [3.63, 3.8) is 0 Å². The Kier molecular flexibility index (Phi) is 29.7. The highest BCUT2D eigenvalue weighted by Gasteiger charge is 2.27. The van der Waals surface area contributed by atoms with Crippen LogP contribution in [0.4, 0.5) is 0 Å². The van der Waals surface area contributed by atoms with Gasteiger partial charge in [-0.15, -0.1) is 0 Å². The Hall–Kier alpha value is -2.33. The molecule has 46 heavy (non-hydrogen) atoms. The minimum atomic E-state index is -4.65. The van der Waals surface area contributed by atoms with Crippen LogP contribution in [0.3, 0.4) is 0 Å². The van der Waals surface area contributed by atoms with Crippen molar-refractivity contribution < 1.29 is 47.8 Å². The first kappa shape index (κ1) is 43.7. The fraction of sp³-hybridized carbons (Fsp3) is 0.657. The molecule has 0 aliphatic carbocycles. The third-order valence-electron chi connectivity index (χ3n) is 6.53. The van der Waals surface area contributed by atoms with E-state index in [9.17, 15) is 29.3 Å². The van der Waals surface area contributed by atoms with Gasteiger partial charge in [-0.2, -0.15) is 0 Å². The van der Waals surface area contributed by atoms with Crippen molar-refractivity contribution in [1.29, 1.82) is 0 Å². The molecule has 3 atom stereocenters. The van der Waals surface area contributed by atoms with Crippen molar-refractivity contribution in [2.24, 2.45) is 0 Å². The Labute approximate surface area is 276 Å². The molecule has 0 radical (unpaired) electrons. The van der Waals surface area contributed by atoms with Gasteiger partial charge in [0, 0.05) is 6.42 Å². The summed E-state index contributed by atoms with van der Waals surface area (Å²) in [6.45, 7) is 1.89. The summed E-state index contributed by atoms with van der Waals surface area (Å²) >= 11 is 0. The van der Waals surface area contributed by atoms with Gasteiger partial charge in [-0.3, -0.25) is 18.6 Å². The molecule has 10 nitrogen and oxygen atoms in total. The zero-order valence-corrected chi connectivity index (χ0v) is 28.9. The molecule has 0 spiro atoms. The van der Waals surface area contributed by atoms with Crippen LogP contribution < -0.4 is 0 Å². The molecule has 3 N–H and O–H groups in total. The molecular weight excluding hydrogens is 611 g/mol. The minimum Gasteiger partial charge on any atom is -0.457 e. The number of esters is 2. The maximum atomic E-state index is 12.2. The van der Waals surface area contributed by atoms with Crippen LogP contribution in [0.1, 0.15) is 110 Å². The van der Waals surface area contributed by atoms with Crippen LogP contribution in [0.2, 0.25) is 0 Å². The maximum absolute atomic E-state index is 12.2. The van der Waals surface area contributed by atoms with Gasteiger partial charge in [0.15, 0.2) is 0 Å². The second-order valence-corrected chi connectivity index (χ2v) is 12.2. The Balaban J connectivity index is 4.19. The first-order valence-corrected chi connectivity index (χ1v) is 18.2. The SMILES string of the molecule is CC/C=C\C/C=C\C/C=C\C/C=C\C/C=C\CC(=O)OC(CO)COP(=O)(O)OCC(CO)OC(=O)CCCCCCCCCC. The number of carbonyl (C=O) groups is 2. The molecular formula is C35H59O10P. The number of phosphoric acid groups is 1. The van der Waals surface area contributed by atoms with Crippen molar-refractivity contribution >= 4 is 19.8 Å². The standard InChI is InChI=1S/C35H59O10P/c1-3-5-7-9-11-13-14-15-16-17-18-19-21-23-25-27-35(39)45-33(29-37)31-43-46(40,41)42-30-32(28-36)44-34(38)26-24-22-20-12-10-8-6-4-2/h5,7,11,13,15-16,18-19,23,25,32-33,36-37H,3-4,6,8-10,12,14,17,20-22,24,26-31H2,1-2H3,(H,40,41)/b7-5-,13-11-,16-15-,19-18-,25-23-. The summed E-state index contributed by atoms with van der Waals surface area (Å²) in [5.74, 6) is -1.16. The molecule has 3 unspecified atom stereocenters. The van der Waals surface area contributed by atoms with E-state index in [0.29, 0.717) is 12.8 Å². The minimum absolute atomic E-state index is 0.0419. The number of rotatable bonds is 30. The van der Waals surface area contributed by atoms with E-state index in [1.54, 1.807) is 6.08 Å². The third kappa shape index (κ3) is 29.1. The first-order valence-electron chi connectivity index (χ1n) is 16.7. The monoisotopic (exact) mass is 670 g/mol. The quantitative estimate of drug-likeness (QED) is 0.0302. The number of aliphatic hydroxyl groups is 2. The number of carbonyl (C=O) groups excluding carboxylic acids is 2. The van der Waals surface area contributed by atoms with Gasteiger partial charge in [-0.05, 0) is 38.5 Å². The first-order chi connectivity index (χ1) is 22.3. The number of phosphoric ester groups is 1. The number of aliphatic hydroxyl groups excluding tert-OH is 2. The van der Waals surface area contributed by atoms with E-state index < -0.39 is 58.4 Å². The summed E-state index contributed by atoms with van der Waals surface area (Å²) in [4.78, 5) is 34.1. The lowest BCUT2D eigenvalue weighted by Gasteiger charge is -2.20. The Morgan fingerprint density at radius 2 is 1.02 bits per heavy atom. The lowest BCUT2D eigenvalue weighted by molar-refractivity contribution is -0.153. The maximum Gasteiger partial charge on any atom is 0.472 e. The zero-order valence-electron chi connectivity index (χ0n) is 28.0. The van der Waals surface area contributed by atoms with E-state index in [1.165, 1.54) is 25.7 Å². The van der Waals surface area contributed by atoms with Crippen molar-refractivity contribution in [2.45, 2.75) is 122 Å². The van der Waals surface area contributed by atoms with Gasteiger partial charge < -0.3 is 24.6 Å². The van der Waals surface area contributed by atoms with E-state index >= 15 is 0 Å². The van der Waals surface area contributed by atoms with Crippen molar-refractivity contribution in [2.75, 3.05) is 26.4 Å². The van der Waals surface area contributed by atoms with E-state index in [0.717, 1.165) is 44.9 Å². The highest BCUT2D eigenvalue weighted by atomic mass is 31.2. The Morgan fingerprint density at radius 3 is 1.48 bits per heavy atom. The molecule has 0 saturated carbocycles. The van der Waals surface area contributed by atoms with Gasteiger partial charge in [0.1, 0.15) is 12.2 Å². The number of unbranched alkanes of at least 4 members (excludes halogenated alkanes) is 7. The molecule has 0 rings (SSSR count). The van der Waals surface area contributed by atoms with Crippen LogP contribution in [-0.2, 0) is 32.7 Å². The summed E-state index contributed by atoms with van der Waals surface area (Å²) < 4.78 is 32.1. The average Bonchev–Trinajstić information content (AvgIpc) is 3.04. The Bertz CT molecular complexity index is 957. The molecule has 0 heterocycles. The molecule has 0 fully saturated rings. The second-order valence-electron chi connectivity index (χ2n) is 10.8. The third-order valence-corrected chi connectivity index (χ3v) is 7.48. The van der Waals surface area contributed by atoms with Gasteiger partial charge in [-0.1, -0.05) is 120 Å². The van der Waals surface area contributed by atoms with Gasteiger partial charge in [0.2, 0.25) is 0 Å². The smallest absolute Gasteiger partial charge is 0.457 e. The molecule has 0 bridgehead atoms. The van der Waals surface area contributed by atoms with Crippen molar-refractivity contribution in [3.8, 4) is 0 Å². The highest BCUT2D eigenvalue weighted by Crippen LogP contribution is 2.43. The molecule has 0 aliphatic rings. The molecule has 264 valence electrons. The fourth-order valence-electron chi connectivity index (χ4n) is 3.95. The lowest BCUT2D eigenvalue weighted by atomic mass is 10.1. The van der Waals surface area contributed by atoms with Crippen LogP contribution >= 0.6 is 7.82 Å². The summed E-state index contributed by atoms with van der Waals surface area (Å²) in [7, 11) is -4.65. The number of hydrogen-bond acceptors (Lipinski definition) is 9. The number of ether oxygens (including phenoxy) is 2. The molecule has 11 heteroatoms. The summed E-state index contributed by atoms with van der Waals surface area (Å²) in [5.41, 5.74) is 0. The van der Waals surface area contributed by atoms with Crippen molar-refractivity contribution in [1.82, 2.24) is 0 Å². The molecule has 0 aromatic carbocycles. The van der Waals surface area contributed by atoms with Crippen LogP contribution in [0.25, 0.3) is 0 Å². The van der Waals surface area contributed by atoms with Gasteiger partial charge in [0.25, 0.3) is 0 Å². The van der Waals surface area contributed by atoms with Gasteiger partial charge in [-0.25, -0.2) is 4.57 Å². The van der Waals surface area contributed by atoms with E-state index in [1.807, 2.05) is 18.2 Å². The van der Waals surface area contributed by atoms with Crippen LogP contribution in [0, 0.1) is 0 Å².